The summed E-state index contributed by atoms with van der Waals surface area (Å²) < 4.78 is 0. The molecule has 0 amide bonds. The summed E-state index contributed by atoms with van der Waals surface area (Å²) in [5, 5.41) is 3.46. The molecular formula is C16H27N3. The molecule has 19 heavy (non-hydrogen) atoms. The van der Waals surface area contributed by atoms with Crippen LogP contribution in [0.25, 0.3) is 0 Å². The summed E-state index contributed by atoms with van der Waals surface area (Å²) >= 11 is 0. The van der Waals surface area contributed by atoms with Crippen LogP contribution in [0.5, 0.6) is 0 Å². The second-order valence-corrected chi connectivity index (χ2v) is 5.71. The molecule has 1 N–H and O–H groups in total. The first-order valence-corrected chi connectivity index (χ1v) is 7.37. The van der Waals surface area contributed by atoms with Crippen LogP contribution in [0.2, 0.25) is 0 Å². The largest absolute Gasteiger partial charge is 0.373 e. The van der Waals surface area contributed by atoms with E-state index in [1.165, 1.54) is 42.9 Å². The Hall–Kier alpha value is -1.06. The number of rotatable bonds is 4. The lowest BCUT2D eigenvalue weighted by Gasteiger charge is -2.25. The molecule has 1 aromatic rings. The van der Waals surface area contributed by atoms with Crippen LogP contribution in [-0.4, -0.2) is 51.2 Å². The average Bonchev–Trinajstić information content (AvgIpc) is 2.63. The van der Waals surface area contributed by atoms with Crippen LogP contribution in [0.3, 0.4) is 0 Å². The van der Waals surface area contributed by atoms with E-state index in [-0.39, 0.29) is 0 Å². The molecule has 0 aliphatic carbocycles. The van der Waals surface area contributed by atoms with E-state index in [9.17, 15) is 0 Å². The summed E-state index contributed by atoms with van der Waals surface area (Å²) in [7, 11) is 2.20. The maximum atomic E-state index is 3.46. The highest BCUT2D eigenvalue weighted by Crippen LogP contribution is 2.17. The molecular weight excluding hydrogens is 234 g/mol. The van der Waals surface area contributed by atoms with Crippen LogP contribution in [0, 0.1) is 13.8 Å². The van der Waals surface area contributed by atoms with Gasteiger partial charge in [0.15, 0.2) is 0 Å². The summed E-state index contributed by atoms with van der Waals surface area (Å²) in [6.07, 6.45) is 1.27. The predicted molar refractivity (Wildman–Crippen MR) is 83.1 cm³/mol. The zero-order valence-corrected chi connectivity index (χ0v) is 12.6. The second kappa shape index (κ2) is 6.92. The maximum absolute atomic E-state index is 3.46. The van der Waals surface area contributed by atoms with Crippen molar-refractivity contribution < 1.29 is 0 Å². The number of hydrogen-bond acceptors (Lipinski definition) is 3. The molecule has 0 spiro atoms. The van der Waals surface area contributed by atoms with E-state index in [1.807, 2.05) is 0 Å². The van der Waals surface area contributed by atoms with Crippen LogP contribution in [0.15, 0.2) is 18.2 Å². The smallest absolute Gasteiger partial charge is 0.0369 e. The summed E-state index contributed by atoms with van der Waals surface area (Å²) in [6.45, 7) is 11.3. The van der Waals surface area contributed by atoms with Gasteiger partial charge in [0.2, 0.25) is 0 Å². The van der Waals surface area contributed by atoms with Gasteiger partial charge >= 0.3 is 0 Å². The first-order chi connectivity index (χ1) is 9.15. The first kappa shape index (κ1) is 14.4. The van der Waals surface area contributed by atoms with Crippen LogP contribution < -0.4 is 10.2 Å². The fourth-order valence-electron chi connectivity index (χ4n) is 2.72. The van der Waals surface area contributed by atoms with E-state index in [1.54, 1.807) is 0 Å². The van der Waals surface area contributed by atoms with Crippen molar-refractivity contribution in [1.82, 2.24) is 10.2 Å². The molecule has 0 aromatic heterocycles. The summed E-state index contributed by atoms with van der Waals surface area (Å²) in [6, 6.07) is 6.78. The molecule has 1 aliphatic heterocycles. The van der Waals surface area contributed by atoms with Crippen molar-refractivity contribution in [2.75, 3.05) is 51.2 Å². The fourth-order valence-corrected chi connectivity index (χ4v) is 2.72. The highest BCUT2D eigenvalue weighted by atomic mass is 15.2. The van der Waals surface area contributed by atoms with Crippen LogP contribution in [0.4, 0.5) is 5.69 Å². The van der Waals surface area contributed by atoms with E-state index >= 15 is 0 Å². The van der Waals surface area contributed by atoms with Crippen molar-refractivity contribution in [2.24, 2.45) is 0 Å². The van der Waals surface area contributed by atoms with Crippen LogP contribution in [0.1, 0.15) is 17.5 Å². The Labute approximate surface area is 117 Å². The first-order valence-electron chi connectivity index (χ1n) is 7.37. The Balaban J connectivity index is 1.87. The highest BCUT2D eigenvalue weighted by molar-refractivity contribution is 5.50. The second-order valence-electron chi connectivity index (χ2n) is 5.71. The quantitative estimate of drug-likeness (QED) is 0.895. The van der Waals surface area contributed by atoms with Crippen molar-refractivity contribution >= 4 is 5.69 Å². The molecule has 2 rings (SSSR count). The zero-order valence-electron chi connectivity index (χ0n) is 12.6. The molecule has 1 heterocycles. The molecule has 3 heteroatoms. The van der Waals surface area contributed by atoms with Gasteiger partial charge in [-0.05, 0) is 56.6 Å². The Morgan fingerprint density at radius 3 is 2.58 bits per heavy atom. The van der Waals surface area contributed by atoms with Crippen molar-refractivity contribution in [1.29, 1.82) is 0 Å². The Morgan fingerprint density at radius 2 is 1.84 bits per heavy atom. The topological polar surface area (TPSA) is 18.5 Å². The van der Waals surface area contributed by atoms with Crippen molar-refractivity contribution in [3.05, 3.63) is 29.3 Å². The third-order valence-corrected chi connectivity index (χ3v) is 3.83. The maximum Gasteiger partial charge on any atom is 0.0369 e. The average molecular weight is 261 g/mol. The fraction of sp³-hybridized carbons (Fsp3) is 0.625. The number of likely N-dealkylation sites (N-methyl/N-ethyl adjacent to an activating group) is 1. The number of aryl methyl sites for hydroxylation is 2. The van der Waals surface area contributed by atoms with E-state index in [4.69, 9.17) is 0 Å². The molecule has 0 bridgehead atoms. The summed E-state index contributed by atoms with van der Waals surface area (Å²) in [5.41, 5.74) is 4.03. The number of hydrogen-bond donors (Lipinski definition) is 1. The zero-order chi connectivity index (χ0) is 13.7. The highest BCUT2D eigenvalue weighted by Gasteiger charge is 2.09. The summed E-state index contributed by atoms with van der Waals surface area (Å²) in [5.74, 6) is 0. The lowest BCUT2D eigenvalue weighted by Crippen LogP contribution is -2.35. The molecule has 1 fully saturated rings. The van der Waals surface area contributed by atoms with Gasteiger partial charge in [0.05, 0.1) is 0 Å². The molecule has 1 aliphatic rings. The van der Waals surface area contributed by atoms with Gasteiger partial charge in [0.25, 0.3) is 0 Å². The summed E-state index contributed by atoms with van der Waals surface area (Å²) in [4.78, 5) is 4.94. The predicted octanol–water partition coefficient (Wildman–Crippen LogP) is 2.03. The van der Waals surface area contributed by atoms with Crippen molar-refractivity contribution in [2.45, 2.75) is 20.3 Å². The van der Waals surface area contributed by atoms with Gasteiger partial charge in [0.1, 0.15) is 0 Å². The van der Waals surface area contributed by atoms with Gasteiger partial charge in [-0.1, -0.05) is 6.07 Å². The Kier molecular flexibility index (Phi) is 5.23. The normalized spacial score (nSPS) is 17.2. The SMILES string of the molecule is Cc1cc(C)cc(N(C)CCN2CCCNCC2)c1. The molecule has 0 radical (unpaired) electrons. The molecule has 3 nitrogen and oxygen atoms in total. The number of nitrogens with one attached hydrogen (secondary N) is 1. The third-order valence-electron chi connectivity index (χ3n) is 3.83. The number of anilines is 1. The molecule has 0 saturated carbocycles. The molecule has 1 saturated heterocycles. The van der Waals surface area contributed by atoms with Gasteiger partial charge in [0, 0.05) is 38.9 Å². The van der Waals surface area contributed by atoms with Gasteiger partial charge in [-0.2, -0.15) is 0 Å². The van der Waals surface area contributed by atoms with E-state index < -0.39 is 0 Å². The molecule has 0 atom stereocenters. The minimum Gasteiger partial charge on any atom is -0.373 e. The van der Waals surface area contributed by atoms with Crippen molar-refractivity contribution in [3.63, 3.8) is 0 Å². The molecule has 0 unspecified atom stereocenters. The third kappa shape index (κ3) is 4.51. The van der Waals surface area contributed by atoms with Gasteiger partial charge in [-0.15, -0.1) is 0 Å². The monoisotopic (exact) mass is 261 g/mol. The molecule has 1 aromatic carbocycles. The standard InChI is InChI=1S/C16H27N3/c1-14-11-15(2)13-16(12-14)18(3)9-10-19-7-4-5-17-6-8-19/h11-13,17H,4-10H2,1-3H3. The van der Waals surface area contributed by atoms with E-state index in [0.29, 0.717) is 0 Å². The Morgan fingerprint density at radius 1 is 1.11 bits per heavy atom. The van der Waals surface area contributed by atoms with E-state index in [2.05, 4.69) is 54.2 Å². The number of nitrogens with zero attached hydrogens (tertiary/aromatic N) is 2. The lowest BCUT2D eigenvalue weighted by molar-refractivity contribution is 0.299. The molecule has 106 valence electrons. The minimum absolute atomic E-state index is 1.10. The lowest BCUT2D eigenvalue weighted by atomic mass is 10.1. The van der Waals surface area contributed by atoms with Gasteiger partial charge in [-0.3, -0.25) is 0 Å². The van der Waals surface area contributed by atoms with Crippen molar-refractivity contribution in [3.8, 4) is 0 Å². The minimum atomic E-state index is 1.10. The van der Waals surface area contributed by atoms with Gasteiger partial charge in [-0.25, -0.2) is 0 Å². The van der Waals surface area contributed by atoms with Crippen LogP contribution >= 0.6 is 0 Å². The van der Waals surface area contributed by atoms with Gasteiger partial charge < -0.3 is 15.1 Å². The number of benzene rings is 1. The van der Waals surface area contributed by atoms with E-state index in [0.717, 1.165) is 19.6 Å². The van der Waals surface area contributed by atoms with Crippen LogP contribution in [-0.2, 0) is 0 Å². The Bertz CT molecular complexity index is 375.